The summed E-state index contributed by atoms with van der Waals surface area (Å²) in [6, 6.07) is 18.2. The van der Waals surface area contributed by atoms with Gasteiger partial charge in [-0.2, -0.15) is 5.10 Å². The van der Waals surface area contributed by atoms with Gasteiger partial charge >= 0.3 is 0 Å². The highest BCUT2D eigenvalue weighted by molar-refractivity contribution is 9.10. The first-order valence-electron chi connectivity index (χ1n) is 6.80. The zero-order chi connectivity index (χ0) is 15.4. The van der Waals surface area contributed by atoms with Crippen LogP contribution in [0.2, 0.25) is 0 Å². The standard InChI is InChI=1S/C17H14BrN3S/c1-12-16(14-7-3-2-4-8-14)20-17(22-12)21-19-11-13-6-5-9-15(18)10-13/h2-11H,1H3,(H,20,21)/b19-11+. The number of aryl methyl sites for hydroxylation is 1. The Labute approximate surface area is 141 Å². The maximum absolute atomic E-state index is 4.61. The summed E-state index contributed by atoms with van der Waals surface area (Å²) in [4.78, 5) is 5.79. The van der Waals surface area contributed by atoms with Gasteiger partial charge in [0.15, 0.2) is 0 Å². The van der Waals surface area contributed by atoms with Crippen molar-refractivity contribution >= 4 is 38.6 Å². The minimum absolute atomic E-state index is 0.794. The topological polar surface area (TPSA) is 37.3 Å². The third-order valence-corrected chi connectivity index (χ3v) is 4.44. The van der Waals surface area contributed by atoms with E-state index < -0.39 is 0 Å². The monoisotopic (exact) mass is 371 g/mol. The van der Waals surface area contributed by atoms with Crippen LogP contribution in [0.5, 0.6) is 0 Å². The molecule has 0 amide bonds. The fourth-order valence-corrected chi connectivity index (χ4v) is 3.26. The lowest BCUT2D eigenvalue weighted by Crippen LogP contribution is -1.90. The van der Waals surface area contributed by atoms with E-state index in [9.17, 15) is 0 Å². The van der Waals surface area contributed by atoms with Crippen LogP contribution in [0.1, 0.15) is 10.4 Å². The largest absolute Gasteiger partial charge is 0.253 e. The minimum atomic E-state index is 0.794. The first-order chi connectivity index (χ1) is 10.7. The SMILES string of the molecule is Cc1sc(N/N=C/c2cccc(Br)c2)nc1-c1ccccc1. The second kappa shape index (κ2) is 6.85. The average molecular weight is 372 g/mol. The molecule has 0 fully saturated rings. The van der Waals surface area contributed by atoms with Gasteiger partial charge in [0.1, 0.15) is 0 Å². The molecule has 0 bridgehead atoms. The summed E-state index contributed by atoms with van der Waals surface area (Å²) >= 11 is 5.05. The summed E-state index contributed by atoms with van der Waals surface area (Å²) in [5.74, 6) is 0. The molecule has 5 heteroatoms. The van der Waals surface area contributed by atoms with E-state index in [-0.39, 0.29) is 0 Å². The molecule has 0 spiro atoms. The normalized spacial score (nSPS) is 11.0. The third-order valence-electron chi connectivity index (χ3n) is 3.07. The molecule has 1 heterocycles. The van der Waals surface area contributed by atoms with E-state index in [4.69, 9.17) is 0 Å². The van der Waals surface area contributed by atoms with Gasteiger partial charge in [0, 0.05) is 14.9 Å². The van der Waals surface area contributed by atoms with E-state index in [1.165, 1.54) is 4.88 Å². The van der Waals surface area contributed by atoms with Gasteiger partial charge in [-0.25, -0.2) is 4.98 Å². The number of hydrogen-bond donors (Lipinski definition) is 1. The Morgan fingerprint density at radius 1 is 1.14 bits per heavy atom. The van der Waals surface area contributed by atoms with Gasteiger partial charge in [-0.05, 0) is 24.6 Å². The maximum atomic E-state index is 4.61. The Hall–Kier alpha value is -1.98. The lowest BCUT2D eigenvalue weighted by molar-refractivity contribution is 1.28. The molecule has 3 nitrogen and oxygen atoms in total. The molecule has 0 saturated heterocycles. The van der Waals surface area contributed by atoms with Crippen molar-refractivity contribution in [3.8, 4) is 11.3 Å². The van der Waals surface area contributed by atoms with E-state index >= 15 is 0 Å². The molecule has 0 aliphatic carbocycles. The highest BCUT2D eigenvalue weighted by Gasteiger charge is 2.08. The van der Waals surface area contributed by atoms with Crippen LogP contribution in [-0.4, -0.2) is 11.2 Å². The Bertz CT molecular complexity index is 797. The van der Waals surface area contributed by atoms with Crippen LogP contribution in [0.25, 0.3) is 11.3 Å². The van der Waals surface area contributed by atoms with Crippen molar-refractivity contribution in [1.29, 1.82) is 0 Å². The number of aromatic nitrogens is 1. The summed E-state index contributed by atoms with van der Waals surface area (Å²) in [5.41, 5.74) is 6.16. The van der Waals surface area contributed by atoms with Gasteiger partial charge in [-0.3, -0.25) is 5.43 Å². The number of halogens is 1. The van der Waals surface area contributed by atoms with Crippen molar-refractivity contribution in [3.63, 3.8) is 0 Å². The van der Waals surface area contributed by atoms with Gasteiger partial charge in [0.25, 0.3) is 0 Å². The van der Waals surface area contributed by atoms with E-state index in [1.54, 1.807) is 17.6 Å². The zero-order valence-electron chi connectivity index (χ0n) is 12.0. The molecule has 3 aromatic rings. The molecule has 3 rings (SSSR count). The number of anilines is 1. The van der Waals surface area contributed by atoms with Crippen molar-refractivity contribution in [2.24, 2.45) is 5.10 Å². The molecule has 0 atom stereocenters. The second-order valence-electron chi connectivity index (χ2n) is 4.71. The molecule has 2 aromatic carbocycles. The van der Waals surface area contributed by atoms with Gasteiger partial charge in [-0.15, -0.1) is 11.3 Å². The van der Waals surface area contributed by atoms with Crippen LogP contribution in [0.15, 0.2) is 64.2 Å². The number of rotatable bonds is 4. The Morgan fingerprint density at radius 3 is 2.73 bits per heavy atom. The molecule has 0 aliphatic heterocycles. The summed E-state index contributed by atoms with van der Waals surface area (Å²) in [6.07, 6.45) is 1.78. The molecule has 1 N–H and O–H groups in total. The van der Waals surface area contributed by atoms with Gasteiger partial charge < -0.3 is 0 Å². The molecule has 0 unspecified atom stereocenters. The Kier molecular flexibility index (Phi) is 4.65. The van der Waals surface area contributed by atoms with Gasteiger partial charge in [-0.1, -0.05) is 58.4 Å². The second-order valence-corrected chi connectivity index (χ2v) is 6.83. The molecule has 1 aromatic heterocycles. The third kappa shape index (κ3) is 3.61. The maximum Gasteiger partial charge on any atom is 0.204 e. The van der Waals surface area contributed by atoms with Gasteiger partial charge in [0.2, 0.25) is 5.13 Å². The van der Waals surface area contributed by atoms with Crippen LogP contribution < -0.4 is 5.43 Å². The quantitative estimate of drug-likeness (QED) is 0.497. The molecular formula is C17H14BrN3S. The lowest BCUT2D eigenvalue weighted by Gasteiger charge is -1.97. The van der Waals surface area contributed by atoms with Crippen LogP contribution in [0.4, 0.5) is 5.13 Å². The van der Waals surface area contributed by atoms with E-state index in [0.717, 1.165) is 26.4 Å². The number of hydrazone groups is 1. The molecule has 0 aliphatic rings. The van der Waals surface area contributed by atoms with E-state index in [1.807, 2.05) is 42.5 Å². The fourth-order valence-electron chi connectivity index (χ4n) is 2.06. The highest BCUT2D eigenvalue weighted by Crippen LogP contribution is 2.30. The first kappa shape index (κ1) is 14.9. The predicted molar refractivity (Wildman–Crippen MR) is 97.6 cm³/mol. The van der Waals surface area contributed by atoms with Crippen LogP contribution in [0.3, 0.4) is 0 Å². The number of thiazole rings is 1. The van der Waals surface area contributed by atoms with Crippen molar-refractivity contribution in [2.75, 3.05) is 5.43 Å². The summed E-state index contributed by atoms with van der Waals surface area (Å²) in [5, 5.41) is 5.05. The molecule has 0 saturated carbocycles. The minimum Gasteiger partial charge on any atom is -0.253 e. The van der Waals surface area contributed by atoms with E-state index in [2.05, 4.69) is 50.5 Å². The molecule has 0 radical (unpaired) electrons. The van der Waals surface area contributed by atoms with Crippen molar-refractivity contribution < 1.29 is 0 Å². The smallest absolute Gasteiger partial charge is 0.204 e. The fraction of sp³-hybridized carbons (Fsp3) is 0.0588. The highest BCUT2D eigenvalue weighted by atomic mass is 79.9. The Morgan fingerprint density at radius 2 is 1.95 bits per heavy atom. The summed E-state index contributed by atoms with van der Waals surface area (Å²) in [7, 11) is 0. The average Bonchev–Trinajstić information content (AvgIpc) is 2.89. The zero-order valence-corrected chi connectivity index (χ0v) is 14.4. The molecule has 22 heavy (non-hydrogen) atoms. The van der Waals surface area contributed by atoms with Crippen molar-refractivity contribution in [2.45, 2.75) is 6.92 Å². The van der Waals surface area contributed by atoms with Crippen LogP contribution >= 0.6 is 27.3 Å². The lowest BCUT2D eigenvalue weighted by atomic mass is 10.1. The first-order valence-corrected chi connectivity index (χ1v) is 8.41. The van der Waals surface area contributed by atoms with Crippen molar-refractivity contribution in [3.05, 3.63) is 69.5 Å². The van der Waals surface area contributed by atoms with Crippen molar-refractivity contribution in [1.82, 2.24) is 4.98 Å². The molecular weight excluding hydrogens is 358 g/mol. The molecule has 110 valence electrons. The van der Waals surface area contributed by atoms with Gasteiger partial charge in [0.05, 0.1) is 11.9 Å². The number of nitrogens with zero attached hydrogens (tertiary/aromatic N) is 2. The number of nitrogens with one attached hydrogen (secondary N) is 1. The Balaban J connectivity index is 1.74. The number of hydrogen-bond acceptors (Lipinski definition) is 4. The van der Waals surface area contributed by atoms with E-state index in [0.29, 0.717) is 0 Å². The van der Waals surface area contributed by atoms with Crippen LogP contribution in [-0.2, 0) is 0 Å². The summed E-state index contributed by atoms with van der Waals surface area (Å²) in [6.45, 7) is 2.07. The van der Waals surface area contributed by atoms with Crippen LogP contribution in [0, 0.1) is 6.92 Å². The summed E-state index contributed by atoms with van der Waals surface area (Å²) < 4.78 is 1.04. The number of benzene rings is 2. The predicted octanol–water partition coefficient (Wildman–Crippen LogP) is 5.33.